The largest absolute Gasteiger partial charge is 0.469 e. The molecule has 3 nitrogen and oxygen atoms in total. The summed E-state index contributed by atoms with van der Waals surface area (Å²) >= 11 is 0. The van der Waals surface area contributed by atoms with Gasteiger partial charge < -0.3 is 4.74 Å². The van der Waals surface area contributed by atoms with Crippen LogP contribution in [0.25, 0.3) is 0 Å². The summed E-state index contributed by atoms with van der Waals surface area (Å²) in [6.07, 6.45) is 0.389. The van der Waals surface area contributed by atoms with E-state index in [0.29, 0.717) is 6.42 Å². The van der Waals surface area contributed by atoms with Crippen LogP contribution in [0.15, 0.2) is 60.7 Å². The van der Waals surface area contributed by atoms with Gasteiger partial charge in [0.05, 0.1) is 13.5 Å². The van der Waals surface area contributed by atoms with Crippen LogP contribution in [0.2, 0.25) is 0 Å². The van der Waals surface area contributed by atoms with Gasteiger partial charge in [-0.25, -0.2) is 0 Å². The van der Waals surface area contributed by atoms with Crippen LogP contribution in [0.3, 0.4) is 0 Å². The molecule has 1 unspecified atom stereocenters. The molecule has 0 spiro atoms. The molecule has 2 rings (SSSR count). The van der Waals surface area contributed by atoms with Gasteiger partial charge in [-0.1, -0.05) is 60.7 Å². The third-order valence-electron chi connectivity index (χ3n) is 4.24. The van der Waals surface area contributed by atoms with E-state index in [4.69, 9.17) is 4.74 Å². The van der Waals surface area contributed by atoms with Crippen LogP contribution in [0, 0.1) is 0 Å². The second-order valence-corrected chi connectivity index (χ2v) is 5.87. The van der Waals surface area contributed by atoms with E-state index in [9.17, 15) is 4.79 Å². The molecule has 0 amide bonds. The minimum Gasteiger partial charge on any atom is -0.469 e. The highest BCUT2D eigenvalue weighted by molar-refractivity contribution is 5.69. The highest BCUT2D eigenvalue weighted by Crippen LogP contribution is 2.26. The zero-order valence-corrected chi connectivity index (χ0v) is 14.1. The van der Waals surface area contributed by atoms with Crippen molar-refractivity contribution in [3.05, 3.63) is 71.8 Å². The molecule has 122 valence electrons. The Hall–Kier alpha value is -2.13. The summed E-state index contributed by atoms with van der Waals surface area (Å²) in [4.78, 5) is 14.0. The first-order valence-corrected chi connectivity index (χ1v) is 8.03. The third-order valence-corrected chi connectivity index (χ3v) is 4.24. The first-order chi connectivity index (χ1) is 11.1. The molecule has 2 atom stereocenters. The summed E-state index contributed by atoms with van der Waals surface area (Å²) in [7, 11) is 1.44. The van der Waals surface area contributed by atoms with Crippen LogP contribution in [0.1, 0.15) is 37.4 Å². The van der Waals surface area contributed by atoms with E-state index in [1.807, 2.05) is 24.3 Å². The van der Waals surface area contributed by atoms with Crippen LogP contribution in [0.5, 0.6) is 0 Å². The lowest BCUT2D eigenvalue weighted by molar-refractivity contribution is -0.142. The first kappa shape index (κ1) is 17.2. The topological polar surface area (TPSA) is 29.5 Å². The Labute approximate surface area is 138 Å². The summed E-state index contributed by atoms with van der Waals surface area (Å²) in [6, 6.07) is 21.1. The quantitative estimate of drug-likeness (QED) is 0.718. The molecule has 2 aromatic carbocycles. The lowest BCUT2D eigenvalue weighted by Gasteiger charge is -2.34. The van der Waals surface area contributed by atoms with Crippen molar-refractivity contribution < 1.29 is 9.53 Å². The highest BCUT2D eigenvalue weighted by atomic mass is 16.5. The van der Waals surface area contributed by atoms with Crippen molar-refractivity contribution in [2.75, 3.05) is 7.11 Å². The molecule has 0 saturated carbocycles. The maximum Gasteiger partial charge on any atom is 0.307 e. The normalized spacial score (nSPS) is 13.6. The second-order valence-electron chi connectivity index (χ2n) is 5.87. The summed E-state index contributed by atoms with van der Waals surface area (Å²) in [6.45, 7) is 5.07. The maximum atomic E-state index is 11.7. The summed E-state index contributed by atoms with van der Waals surface area (Å²) in [5, 5.41) is 0. The number of rotatable bonds is 7. The van der Waals surface area contributed by atoms with E-state index in [0.717, 1.165) is 6.54 Å². The Morgan fingerprint density at radius 3 is 2.13 bits per heavy atom. The number of carbonyl (C=O) groups excluding carboxylic acids is 1. The van der Waals surface area contributed by atoms with E-state index in [1.165, 1.54) is 18.2 Å². The lowest BCUT2D eigenvalue weighted by atomic mass is 10.0. The van der Waals surface area contributed by atoms with Crippen LogP contribution >= 0.6 is 0 Å². The van der Waals surface area contributed by atoms with Crippen molar-refractivity contribution in [1.29, 1.82) is 0 Å². The van der Waals surface area contributed by atoms with Gasteiger partial charge in [-0.3, -0.25) is 9.69 Å². The third kappa shape index (κ3) is 4.93. The van der Waals surface area contributed by atoms with E-state index < -0.39 is 0 Å². The summed E-state index contributed by atoms with van der Waals surface area (Å²) < 4.78 is 4.84. The van der Waals surface area contributed by atoms with Crippen LogP contribution in [-0.4, -0.2) is 24.0 Å². The second kappa shape index (κ2) is 8.49. The van der Waals surface area contributed by atoms with E-state index in [2.05, 4.69) is 55.1 Å². The van der Waals surface area contributed by atoms with Crippen LogP contribution in [-0.2, 0) is 16.1 Å². The number of nitrogens with zero attached hydrogens (tertiary/aromatic N) is 1. The van der Waals surface area contributed by atoms with Gasteiger partial charge in [0.2, 0.25) is 0 Å². The zero-order chi connectivity index (χ0) is 16.7. The molecular formula is C20H25NO2. The van der Waals surface area contributed by atoms with Crippen molar-refractivity contribution in [1.82, 2.24) is 4.90 Å². The molecule has 0 heterocycles. The smallest absolute Gasteiger partial charge is 0.307 e. The number of hydrogen-bond acceptors (Lipinski definition) is 3. The Balaban J connectivity index is 2.21. The average Bonchev–Trinajstić information content (AvgIpc) is 2.60. The minimum atomic E-state index is -0.171. The Morgan fingerprint density at radius 2 is 1.57 bits per heavy atom. The number of ether oxygens (including phenoxy) is 1. The molecule has 0 aliphatic rings. The van der Waals surface area contributed by atoms with Crippen LogP contribution < -0.4 is 0 Å². The van der Waals surface area contributed by atoms with Gasteiger partial charge in [0, 0.05) is 18.6 Å². The zero-order valence-electron chi connectivity index (χ0n) is 14.1. The van der Waals surface area contributed by atoms with Crippen molar-refractivity contribution >= 4 is 5.97 Å². The molecule has 0 radical (unpaired) electrons. The van der Waals surface area contributed by atoms with Gasteiger partial charge in [-0.15, -0.1) is 0 Å². The SMILES string of the molecule is COC(=O)CC(C)N(Cc1ccccc1)[C@@H](C)c1ccccc1. The molecule has 0 aliphatic heterocycles. The molecule has 2 aromatic rings. The van der Waals surface area contributed by atoms with E-state index in [1.54, 1.807) is 0 Å². The monoisotopic (exact) mass is 311 g/mol. The van der Waals surface area contributed by atoms with E-state index in [-0.39, 0.29) is 18.1 Å². The van der Waals surface area contributed by atoms with Crippen molar-refractivity contribution in [2.24, 2.45) is 0 Å². The number of esters is 1. The fraction of sp³-hybridized carbons (Fsp3) is 0.350. The summed E-state index contributed by atoms with van der Waals surface area (Å²) in [5.74, 6) is -0.171. The number of hydrogen-bond donors (Lipinski definition) is 0. The van der Waals surface area contributed by atoms with Gasteiger partial charge in [0.15, 0.2) is 0 Å². The molecule has 0 aliphatic carbocycles. The predicted octanol–water partition coefficient (Wildman–Crippen LogP) is 4.20. The molecule has 0 fully saturated rings. The van der Waals surface area contributed by atoms with E-state index >= 15 is 0 Å². The lowest BCUT2D eigenvalue weighted by Crippen LogP contribution is -2.36. The highest BCUT2D eigenvalue weighted by Gasteiger charge is 2.23. The van der Waals surface area contributed by atoms with Gasteiger partial charge in [-0.2, -0.15) is 0 Å². The van der Waals surface area contributed by atoms with Crippen molar-refractivity contribution in [2.45, 2.75) is 38.9 Å². The fourth-order valence-electron chi connectivity index (χ4n) is 2.83. The standard InChI is InChI=1S/C20H25NO2/c1-16(14-20(22)23-3)21(15-18-10-6-4-7-11-18)17(2)19-12-8-5-9-13-19/h4-13,16-17H,14-15H2,1-3H3/t16?,17-/m0/s1. The number of carbonyl (C=O) groups is 1. The molecule has 0 N–H and O–H groups in total. The van der Waals surface area contributed by atoms with Crippen molar-refractivity contribution in [3.63, 3.8) is 0 Å². The average molecular weight is 311 g/mol. The molecule has 0 bridgehead atoms. The summed E-state index contributed by atoms with van der Waals surface area (Å²) in [5.41, 5.74) is 2.49. The molecule has 3 heteroatoms. The Morgan fingerprint density at radius 1 is 1.00 bits per heavy atom. The molecule has 0 saturated heterocycles. The van der Waals surface area contributed by atoms with Gasteiger partial charge in [0.25, 0.3) is 0 Å². The number of benzene rings is 2. The molecule has 23 heavy (non-hydrogen) atoms. The first-order valence-electron chi connectivity index (χ1n) is 8.03. The fourth-order valence-corrected chi connectivity index (χ4v) is 2.83. The van der Waals surface area contributed by atoms with Gasteiger partial charge in [-0.05, 0) is 25.0 Å². The van der Waals surface area contributed by atoms with Gasteiger partial charge in [0.1, 0.15) is 0 Å². The Bertz CT molecular complexity index is 598. The number of methoxy groups -OCH3 is 1. The van der Waals surface area contributed by atoms with Crippen LogP contribution in [0.4, 0.5) is 0 Å². The van der Waals surface area contributed by atoms with Crippen molar-refractivity contribution in [3.8, 4) is 0 Å². The maximum absolute atomic E-state index is 11.7. The van der Waals surface area contributed by atoms with Gasteiger partial charge >= 0.3 is 5.97 Å². The molecular weight excluding hydrogens is 286 g/mol. The minimum absolute atomic E-state index is 0.0952. The predicted molar refractivity (Wildman–Crippen MR) is 92.9 cm³/mol. The molecule has 0 aromatic heterocycles. The Kier molecular flexibility index (Phi) is 6.36.